The average Bonchev–Trinajstić information content (AvgIpc) is 2.28. The Morgan fingerprint density at radius 3 is 2.77 bits per heavy atom. The highest BCUT2D eigenvalue weighted by Crippen LogP contribution is 2.21. The molecule has 0 bridgehead atoms. The van der Waals surface area contributed by atoms with Crippen LogP contribution in [0.25, 0.3) is 0 Å². The molecule has 68 valence electrons. The van der Waals surface area contributed by atoms with Gasteiger partial charge in [-0.2, -0.15) is 0 Å². The predicted octanol–water partition coefficient (Wildman–Crippen LogP) is 2.73. The van der Waals surface area contributed by atoms with Gasteiger partial charge in [0.1, 0.15) is 5.82 Å². The summed E-state index contributed by atoms with van der Waals surface area (Å²) in [4.78, 5) is 11.5. The molecular formula is C11H11FO. The summed E-state index contributed by atoms with van der Waals surface area (Å²) in [5.74, 6) is -0.0825. The van der Waals surface area contributed by atoms with Crippen molar-refractivity contribution in [2.45, 2.75) is 25.7 Å². The third-order valence-electron chi connectivity index (χ3n) is 2.47. The van der Waals surface area contributed by atoms with E-state index in [4.69, 9.17) is 0 Å². The van der Waals surface area contributed by atoms with Crippen molar-refractivity contribution in [3.05, 3.63) is 35.1 Å². The molecule has 0 aromatic heterocycles. The van der Waals surface area contributed by atoms with Crippen LogP contribution in [-0.2, 0) is 6.42 Å². The van der Waals surface area contributed by atoms with Crippen LogP contribution in [0.2, 0.25) is 0 Å². The first-order valence-corrected chi connectivity index (χ1v) is 4.59. The Hall–Kier alpha value is -1.18. The molecule has 2 heteroatoms. The number of fused-ring (bicyclic) bond motifs is 1. The van der Waals surface area contributed by atoms with Crippen LogP contribution in [0, 0.1) is 5.82 Å². The van der Waals surface area contributed by atoms with Gasteiger partial charge in [0.15, 0.2) is 5.78 Å². The van der Waals surface area contributed by atoms with E-state index in [0.29, 0.717) is 6.42 Å². The van der Waals surface area contributed by atoms with E-state index >= 15 is 0 Å². The third kappa shape index (κ3) is 1.62. The molecule has 2 rings (SSSR count). The van der Waals surface area contributed by atoms with E-state index in [1.807, 2.05) is 0 Å². The van der Waals surface area contributed by atoms with Gasteiger partial charge < -0.3 is 0 Å². The van der Waals surface area contributed by atoms with Crippen molar-refractivity contribution < 1.29 is 9.18 Å². The zero-order valence-electron chi connectivity index (χ0n) is 7.35. The second-order valence-electron chi connectivity index (χ2n) is 3.43. The number of carbonyl (C=O) groups is 1. The molecule has 1 aliphatic carbocycles. The normalized spacial score (nSPS) is 16.5. The minimum atomic E-state index is -0.242. The van der Waals surface area contributed by atoms with Gasteiger partial charge >= 0.3 is 0 Å². The first-order valence-electron chi connectivity index (χ1n) is 4.59. The smallest absolute Gasteiger partial charge is 0.163 e. The van der Waals surface area contributed by atoms with Crippen molar-refractivity contribution in [2.75, 3.05) is 0 Å². The molecule has 0 fully saturated rings. The molecule has 0 atom stereocenters. The SMILES string of the molecule is O=C1CCCCc2cc(F)ccc21. The van der Waals surface area contributed by atoms with Crippen molar-refractivity contribution in [1.29, 1.82) is 0 Å². The predicted molar refractivity (Wildman–Crippen MR) is 48.3 cm³/mol. The van der Waals surface area contributed by atoms with E-state index in [2.05, 4.69) is 0 Å². The molecule has 0 amide bonds. The molecule has 0 radical (unpaired) electrons. The molecule has 0 unspecified atom stereocenters. The lowest BCUT2D eigenvalue weighted by molar-refractivity contribution is 0.0982. The number of hydrogen-bond acceptors (Lipinski definition) is 1. The Morgan fingerprint density at radius 2 is 1.92 bits per heavy atom. The summed E-state index contributed by atoms with van der Waals surface area (Å²) < 4.78 is 12.8. The van der Waals surface area contributed by atoms with Gasteiger partial charge in [-0.25, -0.2) is 4.39 Å². The van der Waals surface area contributed by atoms with Gasteiger partial charge in [-0.3, -0.25) is 4.79 Å². The number of hydrogen-bond donors (Lipinski definition) is 0. The first kappa shape index (κ1) is 8.42. The molecule has 0 N–H and O–H groups in total. The fourth-order valence-corrected chi connectivity index (χ4v) is 1.78. The molecule has 1 aromatic carbocycles. The topological polar surface area (TPSA) is 17.1 Å². The second-order valence-corrected chi connectivity index (χ2v) is 3.43. The number of halogens is 1. The molecule has 1 aliphatic rings. The monoisotopic (exact) mass is 178 g/mol. The largest absolute Gasteiger partial charge is 0.294 e. The van der Waals surface area contributed by atoms with Gasteiger partial charge in [-0.05, 0) is 43.0 Å². The molecule has 0 saturated carbocycles. The summed E-state index contributed by atoms with van der Waals surface area (Å²) in [5.41, 5.74) is 1.60. The molecule has 1 nitrogen and oxygen atoms in total. The van der Waals surface area contributed by atoms with Crippen LogP contribution >= 0.6 is 0 Å². The minimum Gasteiger partial charge on any atom is -0.294 e. The summed E-state index contributed by atoms with van der Waals surface area (Å²) in [7, 11) is 0. The molecule has 0 aliphatic heterocycles. The summed E-state index contributed by atoms with van der Waals surface area (Å²) in [6, 6.07) is 4.46. The number of benzene rings is 1. The molecule has 1 aromatic rings. The number of carbonyl (C=O) groups excluding carboxylic acids is 1. The van der Waals surface area contributed by atoms with Crippen molar-refractivity contribution in [3.63, 3.8) is 0 Å². The Kier molecular flexibility index (Phi) is 2.13. The maximum absolute atomic E-state index is 12.8. The van der Waals surface area contributed by atoms with Gasteiger partial charge in [-0.15, -0.1) is 0 Å². The Balaban J connectivity index is 2.48. The van der Waals surface area contributed by atoms with Crippen LogP contribution in [0.1, 0.15) is 35.2 Å². The second kappa shape index (κ2) is 3.29. The fourth-order valence-electron chi connectivity index (χ4n) is 1.78. The molecule has 0 spiro atoms. The lowest BCUT2D eigenvalue weighted by Crippen LogP contribution is -2.00. The number of ketones is 1. The zero-order valence-corrected chi connectivity index (χ0v) is 7.35. The van der Waals surface area contributed by atoms with Crippen LogP contribution < -0.4 is 0 Å². The van der Waals surface area contributed by atoms with Gasteiger partial charge in [0, 0.05) is 12.0 Å². The highest BCUT2D eigenvalue weighted by atomic mass is 19.1. The maximum Gasteiger partial charge on any atom is 0.163 e. The highest BCUT2D eigenvalue weighted by Gasteiger charge is 2.15. The lowest BCUT2D eigenvalue weighted by Gasteiger charge is -2.02. The molecule has 0 saturated heterocycles. The van der Waals surface area contributed by atoms with E-state index in [1.165, 1.54) is 12.1 Å². The van der Waals surface area contributed by atoms with E-state index in [1.54, 1.807) is 6.07 Å². The number of rotatable bonds is 0. The maximum atomic E-state index is 12.8. The van der Waals surface area contributed by atoms with E-state index in [9.17, 15) is 9.18 Å². The van der Waals surface area contributed by atoms with Crippen LogP contribution in [-0.4, -0.2) is 5.78 Å². The van der Waals surface area contributed by atoms with E-state index in [0.717, 1.165) is 30.4 Å². The van der Waals surface area contributed by atoms with Crippen LogP contribution in [0.5, 0.6) is 0 Å². The molecule has 0 heterocycles. The third-order valence-corrected chi connectivity index (χ3v) is 2.47. The van der Waals surface area contributed by atoms with Gasteiger partial charge in [-0.1, -0.05) is 0 Å². The van der Waals surface area contributed by atoms with E-state index < -0.39 is 0 Å². The van der Waals surface area contributed by atoms with Crippen LogP contribution in [0.15, 0.2) is 18.2 Å². The summed E-state index contributed by atoms with van der Waals surface area (Å²) in [6.07, 6.45) is 3.36. The lowest BCUT2D eigenvalue weighted by atomic mass is 10.0. The summed E-state index contributed by atoms with van der Waals surface area (Å²) >= 11 is 0. The molecule has 13 heavy (non-hydrogen) atoms. The van der Waals surface area contributed by atoms with E-state index in [-0.39, 0.29) is 11.6 Å². The van der Waals surface area contributed by atoms with Crippen molar-refractivity contribution >= 4 is 5.78 Å². The Labute approximate surface area is 76.6 Å². The minimum absolute atomic E-state index is 0.160. The summed E-state index contributed by atoms with van der Waals surface area (Å²) in [6.45, 7) is 0. The number of Topliss-reactive ketones (excluding diaryl/α,β-unsaturated/α-hetero) is 1. The van der Waals surface area contributed by atoms with Gasteiger partial charge in [0.25, 0.3) is 0 Å². The van der Waals surface area contributed by atoms with Crippen LogP contribution in [0.4, 0.5) is 4.39 Å². The first-order chi connectivity index (χ1) is 6.27. The van der Waals surface area contributed by atoms with Crippen molar-refractivity contribution in [1.82, 2.24) is 0 Å². The standard InChI is InChI=1S/C11H11FO/c12-9-5-6-10-8(7-9)3-1-2-4-11(10)13/h5-7H,1-4H2. The van der Waals surface area contributed by atoms with Crippen LogP contribution in [0.3, 0.4) is 0 Å². The fraction of sp³-hybridized carbons (Fsp3) is 0.364. The van der Waals surface area contributed by atoms with Gasteiger partial charge in [0.2, 0.25) is 0 Å². The highest BCUT2D eigenvalue weighted by molar-refractivity contribution is 5.97. The van der Waals surface area contributed by atoms with Gasteiger partial charge in [0.05, 0.1) is 0 Å². The Morgan fingerprint density at radius 1 is 1.15 bits per heavy atom. The Bertz CT molecular complexity index is 344. The van der Waals surface area contributed by atoms with Crippen molar-refractivity contribution in [2.24, 2.45) is 0 Å². The quantitative estimate of drug-likeness (QED) is 0.558. The summed E-state index contributed by atoms with van der Waals surface area (Å²) in [5, 5.41) is 0. The number of aryl methyl sites for hydroxylation is 1. The van der Waals surface area contributed by atoms with Crippen molar-refractivity contribution in [3.8, 4) is 0 Å². The average molecular weight is 178 g/mol. The molecular weight excluding hydrogens is 167 g/mol. The zero-order chi connectivity index (χ0) is 9.26.